The summed E-state index contributed by atoms with van der Waals surface area (Å²) in [5, 5.41) is 3.55. The zero-order valence-corrected chi connectivity index (χ0v) is 13.2. The Morgan fingerprint density at radius 3 is 2.85 bits per heavy atom. The van der Waals surface area contributed by atoms with Gasteiger partial charge in [0.2, 0.25) is 0 Å². The molecule has 20 heavy (non-hydrogen) atoms. The monoisotopic (exact) mass is 277 g/mol. The highest BCUT2D eigenvalue weighted by Gasteiger charge is 2.22. The maximum Gasteiger partial charge on any atom is 0.131 e. The largest absolute Gasteiger partial charge is 0.384 e. The van der Waals surface area contributed by atoms with Gasteiger partial charge >= 0.3 is 0 Å². The minimum atomic E-state index is 0.560. The molecule has 0 aliphatic heterocycles. The Morgan fingerprint density at radius 1 is 1.35 bits per heavy atom. The van der Waals surface area contributed by atoms with E-state index in [-0.39, 0.29) is 0 Å². The summed E-state index contributed by atoms with van der Waals surface area (Å²) in [6, 6.07) is 0.560. The van der Waals surface area contributed by atoms with Crippen LogP contribution < -0.4 is 5.32 Å². The van der Waals surface area contributed by atoms with Crippen LogP contribution in [0.5, 0.6) is 0 Å². The standard InChI is InChI=1S/C16H27N3O/c1-11(2)17-10-13-5-6-15-14(9-13)12(3)18-16(19-15)7-8-20-4/h11,13,17H,5-10H2,1-4H3. The van der Waals surface area contributed by atoms with Gasteiger partial charge in [0.1, 0.15) is 5.82 Å². The third-order valence-corrected chi connectivity index (χ3v) is 3.97. The van der Waals surface area contributed by atoms with E-state index in [0.717, 1.165) is 43.2 Å². The molecule has 0 radical (unpaired) electrons. The first-order chi connectivity index (χ1) is 9.60. The van der Waals surface area contributed by atoms with Crippen molar-refractivity contribution in [2.24, 2.45) is 5.92 Å². The number of hydrogen-bond acceptors (Lipinski definition) is 4. The number of methoxy groups -OCH3 is 1. The Hall–Kier alpha value is -1.00. The Balaban J connectivity index is 2.05. The van der Waals surface area contributed by atoms with Gasteiger partial charge in [-0.05, 0) is 44.2 Å². The molecule has 1 atom stereocenters. The number of nitrogens with zero attached hydrogens (tertiary/aromatic N) is 2. The molecule has 1 aliphatic carbocycles. The molecule has 0 fully saturated rings. The van der Waals surface area contributed by atoms with Gasteiger partial charge in [0, 0.05) is 31.0 Å². The molecule has 1 N–H and O–H groups in total. The zero-order chi connectivity index (χ0) is 14.5. The minimum absolute atomic E-state index is 0.560. The van der Waals surface area contributed by atoms with E-state index < -0.39 is 0 Å². The molecule has 1 unspecified atom stereocenters. The summed E-state index contributed by atoms with van der Waals surface area (Å²) < 4.78 is 5.11. The summed E-state index contributed by atoms with van der Waals surface area (Å²) in [7, 11) is 1.72. The van der Waals surface area contributed by atoms with Crippen LogP contribution in [0.15, 0.2) is 0 Å². The third kappa shape index (κ3) is 4.00. The number of aromatic nitrogens is 2. The van der Waals surface area contributed by atoms with Crippen molar-refractivity contribution in [3.05, 3.63) is 22.8 Å². The number of ether oxygens (including phenoxy) is 1. The van der Waals surface area contributed by atoms with Gasteiger partial charge in [-0.15, -0.1) is 0 Å². The average molecular weight is 277 g/mol. The smallest absolute Gasteiger partial charge is 0.131 e. The van der Waals surface area contributed by atoms with E-state index >= 15 is 0 Å². The van der Waals surface area contributed by atoms with Crippen LogP contribution in [-0.4, -0.2) is 36.3 Å². The second kappa shape index (κ2) is 7.14. The van der Waals surface area contributed by atoms with Crippen molar-refractivity contribution in [2.75, 3.05) is 20.3 Å². The minimum Gasteiger partial charge on any atom is -0.384 e. The van der Waals surface area contributed by atoms with Crippen molar-refractivity contribution in [3.63, 3.8) is 0 Å². The predicted octanol–water partition coefficient (Wildman–Crippen LogP) is 2.08. The molecular weight excluding hydrogens is 250 g/mol. The Kier molecular flexibility index (Phi) is 5.49. The molecule has 0 aromatic carbocycles. The lowest BCUT2D eigenvalue weighted by Gasteiger charge is -2.26. The zero-order valence-electron chi connectivity index (χ0n) is 13.2. The van der Waals surface area contributed by atoms with Crippen molar-refractivity contribution >= 4 is 0 Å². The van der Waals surface area contributed by atoms with Crippen LogP contribution >= 0.6 is 0 Å². The van der Waals surface area contributed by atoms with Crippen molar-refractivity contribution in [1.82, 2.24) is 15.3 Å². The Bertz CT molecular complexity index is 446. The topological polar surface area (TPSA) is 47.0 Å². The van der Waals surface area contributed by atoms with Crippen LogP contribution in [-0.2, 0) is 24.0 Å². The van der Waals surface area contributed by atoms with Crippen molar-refractivity contribution in [1.29, 1.82) is 0 Å². The molecule has 0 spiro atoms. The molecular formula is C16H27N3O. The molecule has 1 heterocycles. The Labute approximate surface area is 122 Å². The number of rotatable bonds is 6. The lowest BCUT2D eigenvalue weighted by atomic mass is 9.85. The summed E-state index contributed by atoms with van der Waals surface area (Å²) in [6.45, 7) is 8.32. The highest BCUT2D eigenvalue weighted by atomic mass is 16.5. The summed E-state index contributed by atoms with van der Waals surface area (Å²) >= 11 is 0. The van der Waals surface area contributed by atoms with E-state index in [4.69, 9.17) is 9.72 Å². The maximum absolute atomic E-state index is 5.11. The molecule has 1 aliphatic rings. The van der Waals surface area contributed by atoms with Crippen molar-refractivity contribution in [2.45, 2.75) is 52.5 Å². The number of nitrogens with one attached hydrogen (secondary N) is 1. The van der Waals surface area contributed by atoms with Gasteiger partial charge in [-0.25, -0.2) is 9.97 Å². The van der Waals surface area contributed by atoms with Crippen LogP contribution in [0.25, 0.3) is 0 Å². The van der Waals surface area contributed by atoms with Crippen molar-refractivity contribution in [3.8, 4) is 0 Å². The first kappa shape index (κ1) is 15.4. The first-order valence-electron chi connectivity index (χ1n) is 7.67. The fourth-order valence-corrected chi connectivity index (χ4v) is 2.80. The van der Waals surface area contributed by atoms with Gasteiger partial charge in [-0.1, -0.05) is 13.8 Å². The normalized spacial score (nSPS) is 18.4. The lowest BCUT2D eigenvalue weighted by molar-refractivity contribution is 0.200. The molecule has 1 aromatic rings. The third-order valence-electron chi connectivity index (χ3n) is 3.97. The average Bonchev–Trinajstić information content (AvgIpc) is 2.43. The van der Waals surface area contributed by atoms with Crippen LogP contribution in [0, 0.1) is 12.8 Å². The molecule has 0 bridgehead atoms. The van der Waals surface area contributed by atoms with Gasteiger partial charge in [0.05, 0.1) is 6.61 Å². The summed E-state index contributed by atoms with van der Waals surface area (Å²) in [6.07, 6.45) is 4.24. The first-order valence-corrected chi connectivity index (χ1v) is 7.67. The van der Waals surface area contributed by atoms with E-state index in [9.17, 15) is 0 Å². The van der Waals surface area contributed by atoms with Crippen molar-refractivity contribution < 1.29 is 4.74 Å². The predicted molar refractivity (Wildman–Crippen MR) is 81.0 cm³/mol. The Morgan fingerprint density at radius 2 is 2.15 bits per heavy atom. The molecule has 0 saturated heterocycles. The maximum atomic E-state index is 5.11. The second-order valence-electron chi connectivity index (χ2n) is 6.07. The van der Waals surface area contributed by atoms with E-state index in [0.29, 0.717) is 12.6 Å². The highest BCUT2D eigenvalue weighted by molar-refractivity contribution is 5.28. The van der Waals surface area contributed by atoms with Crippen LogP contribution in [0.3, 0.4) is 0 Å². The summed E-state index contributed by atoms with van der Waals surface area (Å²) in [4.78, 5) is 9.37. The molecule has 2 rings (SSSR count). The quantitative estimate of drug-likeness (QED) is 0.865. The van der Waals surface area contributed by atoms with E-state index in [1.165, 1.54) is 17.7 Å². The number of aryl methyl sites for hydroxylation is 2. The fraction of sp³-hybridized carbons (Fsp3) is 0.750. The number of hydrogen-bond donors (Lipinski definition) is 1. The van der Waals surface area contributed by atoms with Crippen LogP contribution in [0.1, 0.15) is 43.0 Å². The number of fused-ring (bicyclic) bond motifs is 1. The van der Waals surface area contributed by atoms with Gasteiger partial charge in [-0.3, -0.25) is 0 Å². The molecule has 0 amide bonds. The molecule has 1 aromatic heterocycles. The molecule has 112 valence electrons. The van der Waals surface area contributed by atoms with Gasteiger partial charge < -0.3 is 10.1 Å². The molecule has 0 saturated carbocycles. The second-order valence-corrected chi connectivity index (χ2v) is 6.07. The molecule has 4 nitrogen and oxygen atoms in total. The van der Waals surface area contributed by atoms with E-state index in [1.807, 2.05) is 0 Å². The van der Waals surface area contributed by atoms with Crippen LogP contribution in [0.4, 0.5) is 0 Å². The lowest BCUT2D eigenvalue weighted by Crippen LogP contribution is -2.32. The van der Waals surface area contributed by atoms with Gasteiger partial charge in [-0.2, -0.15) is 0 Å². The SMILES string of the molecule is COCCc1nc(C)c2c(n1)CCC(CNC(C)C)C2. The highest BCUT2D eigenvalue weighted by Crippen LogP contribution is 2.26. The van der Waals surface area contributed by atoms with Gasteiger partial charge in [0.25, 0.3) is 0 Å². The van der Waals surface area contributed by atoms with Crippen LogP contribution in [0.2, 0.25) is 0 Å². The molecule has 4 heteroatoms. The van der Waals surface area contributed by atoms with E-state index in [1.54, 1.807) is 7.11 Å². The van der Waals surface area contributed by atoms with Gasteiger partial charge in [0.15, 0.2) is 0 Å². The van der Waals surface area contributed by atoms with E-state index in [2.05, 4.69) is 31.1 Å². The summed E-state index contributed by atoms with van der Waals surface area (Å²) in [5.41, 5.74) is 3.81. The fourth-order valence-electron chi connectivity index (χ4n) is 2.80. The summed E-state index contributed by atoms with van der Waals surface area (Å²) in [5.74, 6) is 1.65.